The van der Waals surface area contributed by atoms with E-state index in [1.807, 2.05) is 24.3 Å². The lowest BCUT2D eigenvalue weighted by molar-refractivity contribution is 0.274. The number of rotatable bonds is 6. The number of hydrogen-bond donors (Lipinski definition) is 1. The summed E-state index contributed by atoms with van der Waals surface area (Å²) in [4.78, 5) is 4.04. The molecule has 6 heteroatoms. The molecule has 0 aliphatic carbocycles. The molecule has 0 aliphatic heterocycles. The molecule has 96 valence electrons. The summed E-state index contributed by atoms with van der Waals surface area (Å²) in [6, 6.07) is 7.53. The van der Waals surface area contributed by atoms with Crippen LogP contribution in [0.1, 0.15) is 5.82 Å². The summed E-state index contributed by atoms with van der Waals surface area (Å²) in [7, 11) is 1.62. The van der Waals surface area contributed by atoms with Gasteiger partial charge in [-0.2, -0.15) is 5.10 Å². The Kier molecular flexibility index (Phi) is 4.14. The van der Waals surface area contributed by atoms with Crippen molar-refractivity contribution >= 4 is 0 Å². The van der Waals surface area contributed by atoms with E-state index in [4.69, 9.17) is 15.2 Å². The number of nitrogens with zero attached hydrogens (tertiary/aromatic N) is 3. The largest absolute Gasteiger partial charge is 0.493 e. The number of hydrogen-bond acceptors (Lipinski definition) is 5. The Morgan fingerprint density at radius 3 is 2.72 bits per heavy atom. The molecule has 0 fully saturated rings. The van der Waals surface area contributed by atoms with Crippen molar-refractivity contribution in [2.45, 2.75) is 13.1 Å². The average molecular weight is 248 g/mol. The van der Waals surface area contributed by atoms with Gasteiger partial charge in [0, 0.05) is 0 Å². The predicted molar refractivity (Wildman–Crippen MR) is 66.4 cm³/mol. The number of para-hydroxylation sites is 2. The van der Waals surface area contributed by atoms with E-state index in [9.17, 15) is 0 Å². The Hall–Kier alpha value is -2.08. The third-order valence-electron chi connectivity index (χ3n) is 2.41. The van der Waals surface area contributed by atoms with E-state index in [2.05, 4.69) is 10.1 Å². The lowest BCUT2D eigenvalue weighted by Gasteiger charge is -2.09. The van der Waals surface area contributed by atoms with Crippen LogP contribution in [0.15, 0.2) is 30.6 Å². The average Bonchev–Trinajstić information content (AvgIpc) is 2.87. The van der Waals surface area contributed by atoms with Gasteiger partial charge in [0.2, 0.25) is 0 Å². The number of aromatic nitrogens is 3. The molecule has 0 saturated carbocycles. The van der Waals surface area contributed by atoms with Gasteiger partial charge in [0.1, 0.15) is 12.9 Å². The summed E-state index contributed by atoms with van der Waals surface area (Å²) in [5.74, 6) is 2.07. The highest BCUT2D eigenvalue weighted by Gasteiger charge is 2.03. The predicted octanol–water partition coefficient (Wildman–Crippen LogP) is 0.824. The fourth-order valence-electron chi connectivity index (χ4n) is 1.52. The van der Waals surface area contributed by atoms with E-state index >= 15 is 0 Å². The van der Waals surface area contributed by atoms with Crippen molar-refractivity contribution in [1.29, 1.82) is 0 Å². The molecule has 0 atom stereocenters. The van der Waals surface area contributed by atoms with Crippen molar-refractivity contribution in [3.63, 3.8) is 0 Å². The first-order valence-corrected chi connectivity index (χ1v) is 5.67. The number of ether oxygens (including phenoxy) is 2. The summed E-state index contributed by atoms with van der Waals surface area (Å²) >= 11 is 0. The van der Waals surface area contributed by atoms with Crippen LogP contribution >= 0.6 is 0 Å². The van der Waals surface area contributed by atoms with Crippen molar-refractivity contribution < 1.29 is 9.47 Å². The highest BCUT2D eigenvalue weighted by molar-refractivity contribution is 5.39. The van der Waals surface area contributed by atoms with Crippen LogP contribution in [0.4, 0.5) is 0 Å². The lowest BCUT2D eigenvalue weighted by atomic mass is 10.3. The van der Waals surface area contributed by atoms with E-state index in [1.165, 1.54) is 0 Å². The summed E-state index contributed by atoms with van der Waals surface area (Å²) in [6.45, 7) is 1.46. The monoisotopic (exact) mass is 248 g/mol. The number of methoxy groups -OCH3 is 1. The highest BCUT2D eigenvalue weighted by Crippen LogP contribution is 2.25. The molecule has 0 saturated heterocycles. The van der Waals surface area contributed by atoms with Crippen LogP contribution in [-0.4, -0.2) is 28.5 Å². The SMILES string of the molecule is COc1ccccc1OCCn1cnc(CN)n1. The summed E-state index contributed by atoms with van der Waals surface area (Å²) in [6.07, 6.45) is 1.65. The summed E-state index contributed by atoms with van der Waals surface area (Å²) in [5.41, 5.74) is 5.43. The van der Waals surface area contributed by atoms with Crippen molar-refractivity contribution in [2.75, 3.05) is 13.7 Å². The van der Waals surface area contributed by atoms with Crippen LogP contribution < -0.4 is 15.2 Å². The van der Waals surface area contributed by atoms with Gasteiger partial charge in [0.25, 0.3) is 0 Å². The van der Waals surface area contributed by atoms with E-state index in [0.29, 0.717) is 25.5 Å². The lowest BCUT2D eigenvalue weighted by Crippen LogP contribution is -2.10. The molecule has 0 aliphatic rings. The Labute approximate surface area is 105 Å². The third kappa shape index (κ3) is 2.98. The van der Waals surface area contributed by atoms with Crippen molar-refractivity contribution in [1.82, 2.24) is 14.8 Å². The van der Waals surface area contributed by atoms with Crippen molar-refractivity contribution in [2.24, 2.45) is 5.73 Å². The molecule has 0 bridgehead atoms. The number of benzene rings is 1. The van der Waals surface area contributed by atoms with E-state index in [-0.39, 0.29) is 0 Å². The Bertz CT molecular complexity index is 498. The fourth-order valence-corrected chi connectivity index (χ4v) is 1.52. The topological polar surface area (TPSA) is 75.2 Å². The normalized spacial score (nSPS) is 10.3. The second kappa shape index (κ2) is 6.02. The summed E-state index contributed by atoms with van der Waals surface area (Å²) < 4.78 is 12.5. The maximum Gasteiger partial charge on any atom is 0.164 e. The van der Waals surface area contributed by atoms with Crippen molar-refractivity contribution in [3.8, 4) is 11.5 Å². The van der Waals surface area contributed by atoms with Crippen LogP contribution in [0.5, 0.6) is 11.5 Å². The van der Waals surface area contributed by atoms with Gasteiger partial charge >= 0.3 is 0 Å². The van der Waals surface area contributed by atoms with E-state index in [0.717, 1.165) is 11.5 Å². The minimum absolute atomic E-state index is 0.348. The van der Waals surface area contributed by atoms with Gasteiger partial charge in [-0.05, 0) is 12.1 Å². The molecular weight excluding hydrogens is 232 g/mol. The molecular formula is C12H16N4O2. The second-order valence-electron chi connectivity index (χ2n) is 3.63. The minimum Gasteiger partial charge on any atom is -0.493 e. The van der Waals surface area contributed by atoms with Gasteiger partial charge < -0.3 is 15.2 Å². The van der Waals surface area contributed by atoms with Gasteiger partial charge in [-0.3, -0.25) is 0 Å². The molecule has 1 aromatic carbocycles. The van der Waals surface area contributed by atoms with Crippen molar-refractivity contribution in [3.05, 3.63) is 36.4 Å². The Balaban J connectivity index is 1.88. The molecule has 1 aromatic heterocycles. The number of nitrogens with two attached hydrogens (primary N) is 1. The van der Waals surface area contributed by atoms with Crippen LogP contribution in [0.2, 0.25) is 0 Å². The first kappa shape index (κ1) is 12.4. The molecule has 2 N–H and O–H groups in total. The Morgan fingerprint density at radius 1 is 1.28 bits per heavy atom. The minimum atomic E-state index is 0.348. The summed E-state index contributed by atoms with van der Waals surface area (Å²) in [5, 5.41) is 4.17. The van der Waals surface area contributed by atoms with Gasteiger partial charge in [-0.1, -0.05) is 12.1 Å². The molecule has 2 rings (SSSR count). The molecule has 2 aromatic rings. The zero-order valence-electron chi connectivity index (χ0n) is 10.2. The van der Waals surface area contributed by atoms with Crippen LogP contribution in [0.3, 0.4) is 0 Å². The molecule has 0 amide bonds. The quantitative estimate of drug-likeness (QED) is 0.819. The second-order valence-corrected chi connectivity index (χ2v) is 3.63. The molecule has 0 radical (unpaired) electrons. The standard InChI is InChI=1S/C12H16N4O2/c1-17-10-4-2-3-5-11(10)18-7-6-16-9-14-12(8-13)15-16/h2-5,9H,6-8,13H2,1H3. The van der Waals surface area contributed by atoms with E-state index in [1.54, 1.807) is 18.1 Å². The van der Waals surface area contributed by atoms with E-state index < -0.39 is 0 Å². The highest BCUT2D eigenvalue weighted by atomic mass is 16.5. The molecule has 18 heavy (non-hydrogen) atoms. The first-order chi connectivity index (χ1) is 8.83. The van der Waals surface area contributed by atoms with Gasteiger partial charge in [-0.15, -0.1) is 0 Å². The van der Waals surface area contributed by atoms with Gasteiger partial charge in [0.05, 0.1) is 20.2 Å². The molecule has 0 unspecified atom stereocenters. The maximum atomic E-state index is 5.63. The Morgan fingerprint density at radius 2 is 2.06 bits per heavy atom. The molecule has 1 heterocycles. The molecule has 0 spiro atoms. The molecule has 6 nitrogen and oxygen atoms in total. The van der Waals surface area contributed by atoms with Gasteiger partial charge in [-0.25, -0.2) is 9.67 Å². The fraction of sp³-hybridized carbons (Fsp3) is 0.333. The first-order valence-electron chi connectivity index (χ1n) is 5.67. The van der Waals surface area contributed by atoms with Crippen LogP contribution in [0.25, 0.3) is 0 Å². The zero-order chi connectivity index (χ0) is 12.8. The smallest absolute Gasteiger partial charge is 0.164 e. The van der Waals surface area contributed by atoms with Gasteiger partial charge in [0.15, 0.2) is 17.3 Å². The van der Waals surface area contributed by atoms with Crippen LogP contribution in [-0.2, 0) is 13.1 Å². The maximum absolute atomic E-state index is 5.63. The zero-order valence-corrected chi connectivity index (χ0v) is 10.2. The third-order valence-corrected chi connectivity index (χ3v) is 2.41. The van der Waals surface area contributed by atoms with Crippen LogP contribution in [0, 0.1) is 0 Å².